The van der Waals surface area contributed by atoms with Crippen molar-refractivity contribution in [3.05, 3.63) is 51.8 Å². The Morgan fingerprint density at radius 3 is 2.74 bits per heavy atom. The zero-order valence-corrected chi connectivity index (χ0v) is 11.6. The normalized spacial score (nSPS) is 12.5. The highest BCUT2D eigenvalue weighted by Gasteiger charge is 2.14. The van der Waals surface area contributed by atoms with Gasteiger partial charge in [-0.1, -0.05) is 34.8 Å². The molecule has 0 aliphatic heterocycles. The molecule has 0 spiro atoms. The monoisotopic (exact) mass is 289 g/mol. The summed E-state index contributed by atoms with van der Waals surface area (Å²) in [6.45, 7) is 0. The van der Waals surface area contributed by atoms with Gasteiger partial charge in [0, 0.05) is 22.7 Å². The SMILES string of the molecule is OC(Cc1nc(-c2ccccc2)cs1)c1csnn1. The van der Waals surface area contributed by atoms with Gasteiger partial charge in [-0.25, -0.2) is 4.98 Å². The van der Waals surface area contributed by atoms with Crippen LogP contribution in [0.2, 0.25) is 0 Å². The molecule has 1 atom stereocenters. The van der Waals surface area contributed by atoms with Gasteiger partial charge in [-0.2, -0.15) is 0 Å². The van der Waals surface area contributed by atoms with E-state index in [2.05, 4.69) is 14.6 Å². The molecule has 0 saturated heterocycles. The maximum absolute atomic E-state index is 10.0. The Morgan fingerprint density at radius 2 is 2.00 bits per heavy atom. The topological polar surface area (TPSA) is 58.9 Å². The van der Waals surface area contributed by atoms with E-state index in [-0.39, 0.29) is 0 Å². The van der Waals surface area contributed by atoms with Crippen molar-refractivity contribution < 1.29 is 5.11 Å². The van der Waals surface area contributed by atoms with Crippen LogP contribution in [-0.4, -0.2) is 19.7 Å². The number of benzene rings is 1. The van der Waals surface area contributed by atoms with E-state index in [1.165, 1.54) is 11.5 Å². The van der Waals surface area contributed by atoms with Gasteiger partial charge in [0.2, 0.25) is 0 Å². The minimum Gasteiger partial charge on any atom is -0.386 e. The van der Waals surface area contributed by atoms with Crippen LogP contribution in [0, 0.1) is 0 Å². The van der Waals surface area contributed by atoms with Crippen LogP contribution in [0.25, 0.3) is 11.3 Å². The first-order valence-electron chi connectivity index (χ1n) is 5.78. The average molecular weight is 289 g/mol. The van der Waals surface area contributed by atoms with Gasteiger partial charge in [0.1, 0.15) is 11.8 Å². The van der Waals surface area contributed by atoms with Gasteiger partial charge in [0.05, 0.1) is 10.7 Å². The van der Waals surface area contributed by atoms with Crippen molar-refractivity contribution in [1.82, 2.24) is 14.6 Å². The maximum atomic E-state index is 10.0. The van der Waals surface area contributed by atoms with Gasteiger partial charge in [0.15, 0.2) is 0 Å². The highest BCUT2D eigenvalue weighted by atomic mass is 32.1. The fourth-order valence-corrected chi connectivity index (χ4v) is 3.08. The van der Waals surface area contributed by atoms with Crippen molar-refractivity contribution in [2.75, 3.05) is 0 Å². The standard InChI is InChI=1S/C13H11N3OS2/c17-12(11-8-19-16-15-11)6-13-14-10(7-18-13)9-4-2-1-3-5-9/h1-5,7-8,12,17H,6H2. The summed E-state index contributed by atoms with van der Waals surface area (Å²) in [6.07, 6.45) is -0.156. The van der Waals surface area contributed by atoms with Crippen LogP contribution in [0.3, 0.4) is 0 Å². The number of nitrogens with zero attached hydrogens (tertiary/aromatic N) is 3. The van der Waals surface area contributed by atoms with Crippen molar-refractivity contribution in [3.8, 4) is 11.3 Å². The number of aliphatic hydroxyl groups excluding tert-OH is 1. The Hall–Kier alpha value is -1.63. The summed E-state index contributed by atoms with van der Waals surface area (Å²) >= 11 is 2.80. The Kier molecular flexibility index (Phi) is 3.63. The lowest BCUT2D eigenvalue weighted by atomic mass is 10.2. The summed E-state index contributed by atoms with van der Waals surface area (Å²) in [7, 11) is 0. The number of rotatable bonds is 4. The average Bonchev–Trinajstić information content (AvgIpc) is 3.11. The zero-order chi connectivity index (χ0) is 13.1. The zero-order valence-electron chi connectivity index (χ0n) is 9.93. The van der Waals surface area contributed by atoms with E-state index in [1.807, 2.05) is 35.7 Å². The summed E-state index contributed by atoms with van der Waals surface area (Å²) in [5, 5.41) is 18.6. The number of thiazole rings is 1. The molecule has 0 radical (unpaired) electrons. The van der Waals surface area contributed by atoms with E-state index in [0.29, 0.717) is 12.1 Å². The highest BCUT2D eigenvalue weighted by Crippen LogP contribution is 2.25. The molecule has 19 heavy (non-hydrogen) atoms. The van der Waals surface area contributed by atoms with Crippen LogP contribution in [-0.2, 0) is 6.42 Å². The third kappa shape index (κ3) is 2.86. The van der Waals surface area contributed by atoms with Crippen LogP contribution in [0.5, 0.6) is 0 Å². The van der Waals surface area contributed by atoms with Crippen molar-refractivity contribution in [3.63, 3.8) is 0 Å². The minimum absolute atomic E-state index is 0.475. The summed E-state index contributed by atoms with van der Waals surface area (Å²) < 4.78 is 3.75. The molecule has 0 saturated carbocycles. The maximum Gasteiger partial charge on any atom is 0.105 e. The minimum atomic E-state index is -0.631. The fraction of sp³-hybridized carbons (Fsp3) is 0.154. The second kappa shape index (κ2) is 5.56. The predicted octanol–water partition coefficient (Wildman–Crippen LogP) is 2.94. The second-order valence-electron chi connectivity index (χ2n) is 4.04. The number of hydrogen-bond acceptors (Lipinski definition) is 6. The molecular formula is C13H11N3OS2. The van der Waals surface area contributed by atoms with Crippen LogP contribution in [0.1, 0.15) is 16.8 Å². The third-order valence-corrected chi connectivity index (χ3v) is 4.10. The number of aliphatic hydroxyl groups is 1. The molecule has 6 heteroatoms. The molecule has 3 rings (SSSR count). The van der Waals surface area contributed by atoms with E-state index >= 15 is 0 Å². The lowest BCUT2D eigenvalue weighted by Crippen LogP contribution is -2.02. The summed E-state index contributed by atoms with van der Waals surface area (Å²) in [5.41, 5.74) is 2.65. The van der Waals surface area contributed by atoms with E-state index in [0.717, 1.165) is 16.3 Å². The molecule has 96 valence electrons. The lowest BCUT2D eigenvalue weighted by molar-refractivity contribution is 0.173. The van der Waals surface area contributed by atoms with Crippen molar-refractivity contribution >= 4 is 22.9 Å². The first-order valence-corrected chi connectivity index (χ1v) is 7.49. The van der Waals surface area contributed by atoms with E-state index in [4.69, 9.17) is 0 Å². The van der Waals surface area contributed by atoms with Gasteiger partial charge in [0.25, 0.3) is 0 Å². The molecule has 2 heterocycles. The van der Waals surface area contributed by atoms with Crippen molar-refractivity contribution in [2.24, 2.45) is 0 Å². The molecule has 4 nitrogen and oxygen atoms in total. The lowest BCUT2D eigenvalue weighted by Gasteiger charge is -2.03. The Bertz CT molecular complexity index is 637. The Labute approximate surface area is 118 Å². The second-order valence-corrected chi connectivity index (χ2v) is 5.59. The fourth-order valence-electron chi connectivity index (χ4n) is 1.73. The van der Waals surface area contributed by atoms with Crippen LogP contribution >= 0.6 is 22.9 Å². The first kappa shape index (κ1) is 12.4. The van der Waals surface area contributed by atoms with Crippen LogP contribution < -0.4 is 0 Å². The van der Waals surface area contributed by atoms with E-state index < -0.39 is 6.10 Å². The number of aromatic nitrogens is 3. The van der Waals surface area contributed by atoms with Gasteiger partial charge in [-0.3, -0.25) is 0 Å². The molecule has 1 unspecified atom stereocenters. The molecule has 0 bridgehead atoms. The summed E-state index contributed by atoms with van der Waals surface area (Å²) in [4.78, 5) is 4.54. The third-order valence-electron chi connectivity index (χ3n) is 2.71. The Balaban J connectivity index is 1.75. The molecular weight excluding hydrogens is 278 g/mol. The molecule has 3 aromatic rings. The first-order chi connectivity index (χ1) is 9.33. The molecule has 2 aromatic heterocycles. The van der Waals surface area contributed by atoms with Gasteiger partial charge in [-0.15, -0.1) is 16.4 Å². The molecule has 1 aromatic carbocycles. The summed E-state index contributed by atoms with van der Waals surface area (Å²) in [5.74, 6) is 0. The highest BCUT2D eigenvalue weighted by molar-refractivity contribution is 7.10. The predicted molar refractivity (Wildman–Crippen MR) is 76.1 cm³/mol. The quantitative estimate of drug-likeness (QED) is 0.802. The van der Waals surface area contributed by atoms with Gasteiger partial charge in [-0.05, 0) is 11.5 Å². The molecule has 0 aliphatic carbocycles. The van der Waals surface area contributed by atoms with E-state index in [9.17, 15) is 5.11 Å². The van der Waals surface area contributed by atoms with Gasteiger partial charge < -0.3 is 5.11 Å². The van der Waals surface area contributed by atoms with Crippen LogP contribution in [0.4, 0.5) is 0 Å². The number of hydrogen-bond donors (Lipinski definition) is 1. The molecule has 0 fully saturated rings. The van der Waals surface area contributed by atoms with Crippen molar-refractivity contribution in [1.29, 1.82) is 0 Å². The van der Waals surface area contributed by atoms with Gasteiger partial charge >= 0.3 is 0 Å². The largest absolute Gasteiger partial charge is 0.386 e. The van der Waals surface area contributed by atoms with E-state index in [1.54, 1.807) is 16.7 Å². The molecule has 0 amide bonds. The van der Waals surface area contributed by atoms with Crippen molar-refractivity contribution in [2.45, 2.75) is 12.5 Å². The molecule has 0 aliphatic rings. The summed E-state index contributed by atoms with van der Waals surface area (Å²) in [6, 6.07) is 10.0. The Morgan fingerprint density at radius 1 is 1.16 bits per heavy atom. The smallest absolute Gasteiger partial charge is 0.105 e. The van der Waals surface area contributed by atoms with Crippen LogP contribution in [0.15, 0.2) is 41.1 Å². The molecule has 1 N–H and O–H groups in total.